The Bertz CT molecular complexity index is 331. The van der Waals surface area contributed by atoms with Crippen molar-refractivity contribution in [2.45, 2.75) is 39.2 Å². The summed E-state index contributed by atoms with van der Waals surface area (Å²) in [4.78, 5) is 0. The molecule has 0 aromatic heterocycles. The van der Waals surface area contributed by atoms with Gasteiger partial charge in [-0.1, -0.05) is 25.5 Å². The molecule has 1 aliphatic rings. The molecule has 0 radical (unpaired) electrons. The van der Waals surface area contributed by atoms with Gasteiger partial charge in [0, 0.05) is 19.6 Å². The number of benzene rings is 1. The number of piperidine rings is 1. The second kappa shape index (κ2) is 7.39. The highest BCUT2D eigenvalue weighted by Gasteiger charge is 2.08. The minimum absolute atomic E-state index is 0.797. The summed E-state index contributed by atoms with van der Waals surface area (Å²) >= 11 is 0. The Hall–Kier alpha value is -1.06. The van der Waals surface area contributed by atoms with E-state index in [9.17, 15) is 0 Å². The molecular formula is C15H24N2O. The average molecular weight is 248 g/mol. The molecule has 1 aromatic rings. The molecule has 1 saturated heterocycles. The summed E-state index contributed by atoms with van der Waals surface area (Å²) in [5.41, 5.74) is 4.80. The SMILES string of the molecule is CCCOc1ccc(CNN2CCCCC2)cc1. The van der Waals surface area contributed by atoms with Crippen molar-refractivity contribution < 1.29 is 4.74 Å². The molecule has 0 saturated carbocycles. The van der Waals surface area contributed by atoms with E-state index < -0.39 is 0 Å². The van der Waals surface area contributed by atoms with Crippen LogP contribution in [0, 0.1) is 0 Å². The predicted octanol–water partition coefficient (Wildman–Crippen LogP) is 2.97. The first-order chi connectivity index (χ1) is 8.88. The van der Waals surface area contributed by atoms with E-state index >= 15 is 0 Å². The quantitative estimate of drug-likeness (QED) is 0.837. The van der Waals surface area contributed by atoms with Crippen molar-refractivity contribution in [2.75, 3.05) is 19.7 Å². The van der Waals surface area contributed by atoms with E-state index in [4.69, 9.17) is 4.74 Å². The van der Waals surface area contributed by atoms with Gasteiger partial charge in [-0.05, 0) is 37.0 Å². The van der Waals surface area contributed by atoms with Crippen molar-refractivity contribution >= 4 is 0 Å². The van der Waals surface area contributed by atoms with Crippen molar-refractivity contribution in [1.82, 2.24) is 10.4 Å². The number of hydrazine groups is 1. The third-order valence-electron chi connectivity index (χ3n) is 3.26. The van der Waals surface area contributed by atoms with Gasteiger partial charge in [0.05, 0.1) is 6.61 Å². The molecule has 18 heavy (non-hydrogen) atoms. The highest BCUT2D eigenvalue weighted by molar-refractivity contribution is 5.27. The van der Waals surface area contributed by atoms with Crippen LogP contribution < -0.4 is 10.2 Å². The summed E-state index contributed by atoms with van der Waals surface area (Å²) < 4.78 is 5.57. The molecule has 0 bridgehead atoms. The average Bonchev–Trinajstić information content (AvgIpc) is 2.45. The van der Waals surface area contributed by atoms with E-state index in [2.05, 4.69) is 41.6 Å². The molecule has 0 spiro atoms. The van der Waals surface area contributed by atoms with Crippen LogP contribution in [0.2, 0.25) is 0 Å². The van der Waals surface area contributed by atoms with Crippen molar-refractivity contribution in [3.8, 4) is 5.75 Å². The fourth-order valence-corrected chi connectivity index (χ4v) is 2.18. The van der Waals surface area contributed by atoms with Gasteiger partial charge in [0.2, 0.25) is 0 Å². The minimum Gasteiger partial charge on any atom is -0.494 e. The molecule has 0 atom stereocenters. The van der Waals surface area contributed by atoms with Gasteiger partial charge in [-0.2, -0.15) is 0 Å². The third kappa shape index (κ3) is 4.31. The van der Waals surface area contributed by atoms with Crippen LogP contribution in [0.4, 0.5) is 0 Å². The molecular weight excluding hydrogens is 224 g/mol. The lowest BCUT2D eigenvalue weighted by Gasteiger charge is -2.27. The highest BCUT2D eigenvalue weighted by Crippen LogP contribution is 2.13. The summed E-state index contributed by atoms with van der Waals surface area (Å²) in [6.45, 7) is 6.19. The first-order valence-electron chi connectivity index (χ1n) is 7.08. The molecule has 1 N–H and O–H groups in total. The van der Waals surface area contributed by atoms with Crippen LogP contribution >= 0.6 is 0 Å². The summed E-state index contributed by atoms with van der Waals surface area (Å²) in [5.74, 6) is 0.971. The normalized spacial score (nSPS) is 16.7. The fourth-order valence-electron chi connectivity index (χ4n) is 2.18. The highest BCUT2D eigenvalue weighted by atomic mass is 16.5. The smallest absolute Gasteiger partial charge is 0.119 e. The summed E-state index contributed by atoms with van der Waals surface area (Å²) in [6, 6.07) is 8.40. The largest absolute Gasteiger partial charge is 0.494 e. The van der Waals surface area contributed by atoms with Crippen molar-refractivity contribution in [1.29, 1.82) is 0 Å². The third-order valence-corrected chi connectivity index (χ3v) is 3.26. The number of hydrogen-bond acceptors (Lipinski definition) is 3. The zero-order valence-electron chi connectivity index (χ0n) is 11.3. The number of nitrogens with zero attached hydrogens (tertiary/aromatic N) is 1. The Kier molecular flexibility index (Phi) is 5.49. The van der Waals surface area contributed by atoms with E-state index in [0.717, 1.165) is 25.3 Å². The Balaban J connectivity index is 1.75. The van der Waals surface area contributed by atoms with Crippen LogP contribution in [-0.2, 0) is 6.54 Å². The van der Waals surface area contributed by atoms with E-state index in [1.807, 2.05) is 0 Å². The molecule has 3 nitrogen and oxygen atoms in total. The summed E-state index contributed by atoms with van der Waals surface area (Å²) in [5, 5.41) is 2.34. The molecule has 0 amide bonds. The second-order valence-corrected chi connectivity index (χ2v) is 4.88. The zero-order chi connectivity index (χ0) is 12.6. The molecule has 2 rings (SSSR count). The number of nitrogens with one attached hydrogen (secondary N) is 1. The van der Waals surface area contributed by atoms with Crippen molar-refractivity contribution in [3.63, 3.8) is 0 Å². The molecule has 1 aromatic carbocycles. The Morgan fingerprint density at radius 3 is 2.50 bits per heavy atom. The maximum Gasteiger partial charge on any atom is 0.119 e. The maximum atomic E-state index is 5.57. The fraction of sp³-hybridized carbons (Fsp3) is 0.600. The lowest BCUT2D eigenvalue weighted by atomic mass is 10.2. The lowest BCUT2D eigenvalue weighted by molar-refractivity contribution is 0.151. The molecule has 100 valence electrons. The molecule has 1 fully saturated rings. The van der Waals surface area contributed by atoms with Crippen molar-refractivity contribution in [3.05, 3.63) is 29.8 Å². The van der Waals surface area contributed by atoms with Gasteiger partial charge in [-0.25, -0.2) is 5.01 Å². The molecule has 0 aliphatic carbocycles. The minimum atomic E-state index is 0.797. The predicted molar refractivity (Wildman–Crippen MR) is 74.5 cm³/mol. The van der Waals surface area contributed by atoms with E-state index in [0.29, 0.717) is 0 Å². The van der Waals surface area contributed by atoms with Crippen LogP contribution in [0.25, 0.3) is 0 Å². The van der Waals surface area contributed by atoms with Crippen LogP contribution in [-0.4, -0.2) is 24.7 Å². The first kappa shape index (κ1) is 13.4. The second-order valence-electron chi connectivity index (χ2n) is 4.88. The van der Waals surface area contributed by atoms with Gasteiger partial charge in [0.15, 0.2) is 0 Å². The number of rotatable bonds is 6. The Morgan fingerprint density at radius 1 is 1.11 bits per heavy atom. The first-order valence-corrected chi connectivity index (χ1v) is 7.08. The van der Waals surface area contributed by atoms with Crippen LogP contribution in [0.15, 0.2) is 24.3 Å². The van der Waals surface area contributed by atoms with Gasteiger partial charge >= 0.3 is 0 Å². The van der Waals surface area contributed by atoms with Gasteiger partial charge in [0.25, 0.3) is 0 Å². The standard InChI is InChI=1S/C15H24N2O/c1-2-12-18-15-8-6-14(7-9-15)13-16-17-10-4-3-5-11-17/h6-9,16H,2-5,10-13H2,1H3. The lowest BCUT2D eigenvalue weighted by Crippen LogP contribution is -2.41. The number of hydrogen-bond donors (Lipinski definition) is 1. The summed E-state index contributed by atoms with van der Waals surface area (Å²) in [7, 11) is 0. The van der Waals surface area contributed by atoms with E-state index in [1.165, 1.54) is 37.9 Å². The zero-order valence-corrected chi connectivity index (χ0v) is 11.3. The molecule has 0 unspecified atom stereocenters. The summed E-state index contributed by atoms with van der Waals surface area (Å²) in [6.07, 6.45) is 5.06. The van der Waals surface area contributed by atoms with Crippen molar-refractivity contribution in [2.24, 2.45) is 0 Å². The maximum absolute atomic E-state index is 5.57. The molecule has 1 heterocycles. The Labute approximate surface area is 110 Å². The van der Waals surface area contributed by atoms with Gasteiger partial charge in [0.1, 0.15) is 5.75 Å². The van der Waals surface area contributed by atoms with Gasteiger partial charge in [-0.3, -0.25) is 5.43 Å². The van der Waals surface area contributed by atoms with Gasteiger partial charge in [-0.15, -0.1) is 0 Å². The molecule has 1 aliphatic heterocycles. The van der Waals surface area contributed by atoms with Gasteiger partial charge < -0.3 is 4.74 Å². The van der Waals surface area contributed by atoms with E-state index in [1.54, 1.807) is 0 Å². The topological polar surface area (TPSA) is 24.5 Å². The van der Waals surface area contributed by atoms with Crippen LogP contribution in [0.3, 0.4) is 0 Å². The monoisotopic (exact) mass is 248 g/mol. The Morgan fingerprint density at radius 2 is 1.83 bits per heavy atom. The molecule has 3 heteroatoms. The number of ether oxygens (including phenoxy) is 1. The van der Waals surface area contributed by atoms with Crippen LogP contribution in [0.1, 0.15) is 38.2 Å². The van der Waals surface area contributed by atoms with Crippen LogP contribution in [0.5, 0.6) is 5.75 Å². The van der Waals surface area contributed by atoms with E-state index in [-0.39, 0.29) is 0 Å².